The van der Waals surface area contributed by atoms with Crippen LogP contribution in [0.4, 0.5) is 0 Å². The van der Waals surface area contributed by atoms with Crippen LogP contribution in [0.1, 0.15) is 27.7 Å². The topological polar surface area (TPSA) is 82.5 Å². The summed E-state index contributed by atoms with van der Waals surface area (Å²) in [7, 11) is 0. The van der Waals surface area contributed by atoms with E-state index in [1.165, 1.54) is 0 Å². The highest BCUT2D eigenvalue weighted by atomic mass is 16.6. The molecule has 0 amide bonds. The average molecular weight is 248 g/mol. The number of aliphatic hydroxyl groups excluding tert-OH is 2. The summed E-state index contributed by atoms with van der Waals surface area (Å²) in [5, 5.41) is 29.4. The fourth-order valence-corrected chi connectivity index (χ4v) is 2.16. The second-order valence-electron chi connectivity index (χ2n) is 5.73. The summed E-state index contributed by atoms with van der Waals surface area (Å²) in [6, 6.07) is 0. The lowest BCUT2D eigenvalue weighted by Gasteiger charge is -2.51. The van der Waals surface area contributed by atoms with Gasteiger partial charge in [-0.2, -0.15) is 0 Å². The number of aliphatic hydroxyl groups is 3. The second-order valence-corrected chi connectivity index (χ2v) is 5.73. The van der Waals surface area contributed by atoms with Crippen molar-refractivity contribution in [3.63, 3.8) is 0 Å². The highest BCUT2D eigenvalue weighted by molar-refractivity contribution is 5.04. The van der Waals surface area contributed by atoms with Gasteiger partial charge in [-0.15, -0.1) is 0 Å². The van der Waals surface area contributed by atoms with Crippen molar-refractivity contribution in [3.8, 4) is 0 Å². The zero-order valence-corrected chi connectivity index (χ0v) is 11.1. The van der Waals surface area contributed by atoms with Gasteiger partial charge in [0.1, 0.15) is 6.10 Å². The third kappa shape index (κ3) is 2.80. The maximum Gasteiger partial charge on any atom is 0.104 e. The Hall–Kier alpha value is -0.200. The van der Waals surface area contributed by atoms with Crippen LogP contribution in [-0.4, -0.2) is 59.1 Å². The fraction of sp³-hybridized carbons (Fsp3) is 1.00. The van der Waals surface area contributed by atoms with Gasteiger partial charge in [0.05, 0.1) is 43.0 Å². The van der Waals surface area contributed by atoms with E-state index < -0.39 is 16.6 Å². The van der Waals surface area contributed by atoms with E-state index in [1.54, 1.807) is 27.7 Å². The Morgan fingerprint density at radius 3 is 1.94 bits per heavy atom. The molecule has 102 valence electrons. The first-order valence-electron chi connectivity index (χ1n) is 5.90. The van der Waals surface area contributed by atoms with Crippen LogP contribution in [0.5, 0.6) is 0 Å². The molecule has 1 atom stereocenters. The molecule has 5 nitrogen and oxygen atoms in total. The van der Waals surface area contributed by atoms with Crippen LogP contribution in [0.2, 0.25) is 0 Å². The molecule has 1 aliphatic heterocycles. The number of hydrogen-bond acceptors (Lipinski definition) is 5. The van der Waals surface area contributed by atoms with Crippen molar-refractivity contribution >= 4 is 0 Å². The van der Waals surface area contributed by atoms with Crippen molar-refractivity contribution in [2.24, 2.45) is 5.41 Å². The van der Waals surface area contributed by atoms with Crippen molar-refractivity contribution in [3.05, 3.63) is 0 Å². The minimum absolute atomic E-state index is 0.103. The van der Waals surface area contributed by atoms with E-state index in [0.717, 1.165) is 0 Å². The van der Waals surface area contributed by atoms with Gasteiger partial charge >= 0.3 is 0 Å². The first-order valence-corrected chi connectivity index (χ1v) is 5.90. The molecule has 0 spiro atoms. The summed E-state index contributed by atoms with van der Waals surface area (Å²) >= 11 is 0. The Morgan fingerprint density at radius 1 is 1.18 bits per heavy atom. The van der Waals surface area contributed by atoms with E-state index in [1.807, 2.05) is 0 Å². The Morgan fingerprint density at radius 2 is 1.65 bits per heavy atom. The van der Waals surface area contributed by atoms with Crippen molar-refractivity contribution in [1.29, 1.82) is 0 Å². The molecule has 1 unspecified atom stereocenters. The molecule has 1 aliphatic rings. The van der Waals surface area contributed by atoms with E-state index in [9.17, 15) is 15.3 Å². The molecule has 1 saturated heterocycles. The SMILES string of the molecule is CC(C)(O)C(CO)(CO)C(C)(C)OCC1CO1. The fourth-order valence-electron chi connectivity index (χ4n) is 2.16. The van der Waals surface area contributed by atoms with Crippen LogP contribution in [0.3, 0.4) is 0 Å². The van der Waals surface area contributed by atoms with E-state index in [0.29, 0.717) is 13.2 Å². The monoisotopic (exact) mass is 248 g/mol. The Bertz CT molecular complexity index is 248. The molecule has 0 radical (unpaired) electrons. The van der Waals surface area contributed by atoms with E-state index >= 15 is 0 Å². The number of rotatable bonds is 7. The minimum atomic E-state index is -1.26. The molecule has 0 saturated carbocycles. The summed E-state index contributed by atoms with van der Waals surface area (Å²) < 4.78 is 10.8. The summed E-state index contributed by atoms with van der Waals surface area (Å²) in [5.74, 6) is 0. The lowest BCUT2D eigenvalue weighted by molar-refractivity contribution is -0.224. The molecule has 0 aromatic carbocycles. The molecule has 1 rings (SSSR count). The van der Waals surface area contributed by atoms with Crippen LogP contribution in [-0.2, 0) is 9.47 Å². The van der Waals surface area contributed by atoms with Crippen molar-refractivity contribution < 1.29 is 24.8 Å². The highest BCUT2D eigenvalue weighted by Gasteiger charge is 2.55. The molecule has 1 heterocycles. The summed E-state index contributed by atoms with van der Waals surface area (Å²) in [6.45, 7) is 7.04. The molecule has 0 aromatic rings. The van der Waals surface area contributed by atoms with Crippen LogP contribution < -0.4 is 0 Å². The number of epoxide rings is 1. The van der Waals surface area contributed by atoms with Crippen LogP contribution in [0.25, 0.3) is 0 Å². The molecule has 5 heteroatoms. The first-order chi connectivity index (χ1) is 7.70. The highest BCUT2D eigenvalue weighted by Crippen LogP contribution is 2.43. The van der Waals surface area contributed by atoms with Gasteiger partial charge in [-0.25, -0.2) is 0 Å². The van der Waals surface area contributed by atoms with Gasteiger partial charge in [0, 0.05) is 0 Å². The van der Waals surface area contributed by atoms with Crippen LogP contribution in [0, 0.1) is 5.41 Å². The predicted molar refractivity (Wildman–Crippen MR) is 62.7 cm³/mol. The smallest absolute Gasteiger partial charge is 0.104 e. The van der Waals surface area contributed by atoms with Gasteiger partial charge in [0.2, 0.25) is 0 Å². The normalized spacial score (nSPS) is 21.7. The standard InChI is InChI=1S/C12H24O5/c1-10(2,15)12(7-13,8-14)11(3,4)17-6-9-5-16-9/h9,13-15H,5-8H2,1-4H3. The van der Waals surface area contributed by atoms with Gasteiger partial charge in [-0.3, -0.25) is 0 Å². The lowest BCUT2D eigenvalue weighted by Crippen LogP contribution is -2.62. The average Bonchev–Trinajstić information content (AvgIpc) is 2.98. The lowest BCUT2D eigenvalue weighted by atomic mass is 9.64. The molecular formula is C12H24O5. The Balaban J connectivity index is 2.85. The molecular weight excluding hydrogens is 224 g/mol. The number of ether oxygens (including phenoxy) is 2. The molecule has 1 fully saturated rings. The van der Waals surface area contributed by atoms with Gasteiger partial charge in [-0.1, -0.05) is 0 Å². The maximum absolute atomic E-state index is 10.2. The summed E-state index contributed by atoms with van der Waals surface area (Å²) in [6.07, 6.45) is 0.103. The zero-order valence-electron chi connectivity index (χ0n) is 11.1. The largest absolute Gasteiger partial charge is 0.395 e. The first kappa shape index (κ1) is 14.9. The van der Waals surface area contributed by atoms with Crippen molar-refractivity contribution in [2.45, 2.75) is 45.0 Å². The van der Waals surface area contributed by atoms with Gasteiger partial charge in [0.25, 0.3) is 0 Å². The van der Waals surface area contributed by atoms with E-state index in [2.05, 4.69) is 0 Å². The second kappa shape index (κ2) is 4.82. The maximum atomic E-state index is 10.2. The van der Waals surface area contributed by atoms with Crippen molar-refractivity contribution in [1.82, 2.24) is 0 Å². The van der Waals surface area contributed by atoms with E-state index in [-0.39, 0.29) is 19.3 Å². The number of hydrogen-bond donors (Lipinski definition) is 3. The van der Waals surface area contributed by atoms with Gasteiger partial charge < -0.3 is 24.8 Å². The third-order valence-electron chi connectivity index (χ3n) is 3.90. The van der Waals surface area contributed by atoms with Gasteiger partial charge in [-0.05, 0) is 27.7 Å². The zero-order chi connectivity index (χ0) is 13.3. The van der Waals surface area contributed by atoms with E-state index in [4.69, 9.17) is 9.47 Å². The van der Waals surface area contributed by atoms with Crippen LogP contribution in [0.15, 0.2) is 0 Å². The van der Waals surface area contributed by atoms with Gasteiger partial charge in [0.15, 0.2) is 0 Å². The molecule has 0 bridgehead atoms. The molecule has 3 N–H and O–H groups in total. The summed E-state index contributed by atoms with van der Waals surface area (Å²) in [5.41, 5.74) is -3.25. The third-order valence-corrected chi connectivity index (χ3v) is 3.90. The Labute approximate surface area is 102 Å². The minimum Gasteiger partial charge on any atom is -0.395 e. The predicted octanol–water partition coefficient (Wildman–Crippen LogP) is -0.0777. The quantitative estimate of drug-likeness (QED) is 0.549. The molecule has 0 aliphatic carbocycles. The summed E-state index contributed by atoms with van der Waals surface area (Å²) in [4.78, 5) is 0. The molecule has 0 aromatic heterocycles. The Kier molecular flexibility index (Phi) is 4.21. The van der Waals surface area contributed by atoms with Crippen LogP contribution >= 0.6 is 0 Å². The molecule has 17 heavy (non-hydrogen) atoms. The van der Waals surface area contributed by atoms with Crippen molar-refractivity contribution in [2.75, 3.05) is 26.4 Å².